The molecule has 3 aromatic rings. The van der Waals surface area contributed by atoms with Gasteiger partial charge in [0.1, 0.15) is 11.3 Å². The second kappa shape index (κ2) is 12.0. The first-order valence-corrected chi connectivity index (χ1v) is 19.6. The van der Waals surface area contributed by atoms with Crippen LogP contribution < -0.4 is 0 Å². The molecular weight excluding hydrogens is 619 g/mol. The first kappa shape index (κ1) is 30.0. The molecule has 2 heterocycles. The molecule has 8 unspecified atom stereocenters. The number of para-hydroxylation sites is 1. The van der Waals surface area contributed by atoms with Crippen LogP contribution in [-0.4, -0.2) is 17.0 Å². The van der Waals surface area contributed by atoms with Crippen LogP contribution in [0.25, 0.3) is 28.2 Å². The zero-order valence-corrected chi connectivity index (χ0v) is 29.2. The van der Waals surface area contributed by atoms with E-state index in [9.17, 15) is 0 Å². The quantitative estimate of drug-likeness (QED) is 0.258. The Morgan fingerprint density at radius 1 is 0.765 bits per heavy atom. The van der Waals surface area contributed by atoms with Crippen molar-refractivity contribution >= 4 is 28.2 Å². The van der Waals surface area contributed by atoms with Gasteiger partial charge in [0.2, 0.25) is 0 Å². The van der Waals surface area contributed by atoms with E-state index in [4.69, 9.17) is 4.42 Å². The fraction of sp³-hybridized carbons (Fsp3) is 0.306. The highest BCUT2D eigenvalue weighted by Gasteiger charge is 2.50. The molecule has 8 atom stereocenters. The summed E-state index contributed by atoms with van der Waals surface area (Å²) in [6.45, 7) is 0. The first-order chi connectivity index (χ1) is 25.3. The zero-order chi connectivity index (χ0) is 33.5. The average molecular weight is 664 g/mol. The molecule has 1 fully saturated rings. The summed E-state index contributed by atoms with van der Waals surface area (Å²) in [7, 11) is 0. The summed E-state index contributed by atoms with van der Waals surface area (Å²) in [5.41, 5.74) is 12.7. The van der Waals surface area contributed by atoms with Gasteiger partial charge >= 0.3 is 0 Å². The summed E-state index contributed by atoms with van der Waals surface area (Å²) in [6.07, 6.45) is 47.1. The van der Waals surface area contributed by atoms with Crippen molar-refractivity contribution in [2.24, 2.45) is 23.7 Å². The molecule has 2 heteroatoms. The number of fused-ring (bicyclic) bond motifs is 8. The van der Waals surface area contributed by atoms with Gasteiger partial charge in [-0.05, 0) is 96.8 Å². The van der Waals surface area contributed by atoms with Gasteiger partial charge in [-0.2, -0.15) is 0 Å². The number of rotatable bonds is 4. The van der Waals surface area contributed by atoms with Crippen molar-refractivity contribution in [3.05, 3.63) is 173 Å². The fourth-order valence-electron chi connectivity index (χ4n) is 11.1. The highest BCUT2D eigenvalue weighted by molar-refractivity contribution is 5.90. The molecule has 1 saturated heterocycles. The molecule has 0 radical (unpaired) electrons. The third-order valence-corrected chi connectivity index (χ3v) is 13.4. The number of hydrogen-bond donors (Lipinski definition) is 0. The van der Waals surface area contributed by atoms with E-state index in [2.05, 4.69) is 145 Å². The van der Waals surface area contributed by atoms with Crippen LogP contribution in [0.5, 0.6) is 0 Å². The van der Waals surface area contributed by atoms with E-state index >= 15 is 0 Å². The summed E-state index contributed by atoms with van der Waals surface area (Å²) >= 11 is 0. The normalized spacial score (nSPS) is 32.9. The molecule has 252 valence electrons. The van der Waals surface area contributed by atoms with Gasteiger partial charge in [-0.25, -0.2) is 0 Å². The average Bonchev–Trinajstić information content (AvgIpc) is 3.86. The topological polar surface area (TPSA) is 16.4 Å². The highest BCUT2D eigenvalue weighted by atomic mass is 16.3. The van der Waals surface area contributed by atoms with Gasteiger partial charge in [0.15, 0.2) is 0 Å². The van der Waals surface area contributed by atoms with E-state index in [0.717, 1.165) is 24.2 Å². The zero-order valence-electron chi connectivity index (χ0n) is 29.2. The van der Waals surface area contributed by atoms with Crippen LogP contribution in [0.2, 0.25) is 0 Å². The van der Waals surface area contributed by atoms with Gasteiger partial charge in [0.25, 0.3) is 0 Å². The minimum atomic E-state index is 0.216. The minimum absolute atomic E-state index is 0.216. The Morgan fingerprint density at radius 3 is 2.67 bits per heavy atom. The van der Waals surface area contributed by atoms with Crippen LogP contribution in [0.1, 0.15) is 84.9 Å². The standard InChI is InChI=1S/C49H45NO/c1-2-12-31(13-3-1)32-14-10-15-35(28-32)48-39-19-5-4-16-36(39)42-29-33(24-26-40(42)48)34-25-27-45-43(30-34)37-17-6-8-21-44(37)50(45)46-22-11-20-41-38-18-7-9-23-47(38)51-49(41)46/h2,4,6-12,14-18,20-21,23-27,29-32,37,43-46,48H,1,3,5,13,19,22,28H2. The molecule has 11 rings (SSSR count). The van der Waals surface area contributed by atoms with Gasteiger partial charge in [-0.15, -0.1) is 0 Å². The van der Waals surface area contributed by atoms with Crippen LogP contribution in [0.4, 0.5) is 0 Å². The Balaban J connectivity index is 0.927. The first-order valence-electron chi connectivity index (χ1n) is 19.6. The molecule has 0 spiro atoms. The number of hydrogen-bond acceptors (Lipinski definition) is 2. The molecule has 0 saturated carbocycles. The van der Waals surface area contributed by atoms with Crippen LogP contribution >= 0.6 is 0 Å². The van der Waals surface area contributed by atoms with E-state index < -0.39 is 0 Å². The molecule has 1 aromatic heterocycles. The van der Waals surface area contributed by atoms with Crippen LogP contribution in [0.15, 0.2) is 149 Å². The number of furan rings is 1. The maximum atomic E-state index is 6.65. The number of allylic oxidation sites excluding steroid dienone is 14. The number of nitrogens with zero attached hydrogens (tertiary/aromatic N) is 1. The molecule has 2 aromatic carbocycles. The Labute approximate surface area is 302 Å². The van der Waals surface area contributed by atoms with Gasteiger partial charge in [0, 0.05) is 40.8 Å². The van der Waals surface area contributed by atoms with Crippen LogP contribution in [-0.2, 0) is 0 Å². The summed E-state index contributed by atoms with van der Waals surface area (Å²) in [4.78, 5) is 2.77. The van der Waals surface area contributed by atoms with E-state index in [0.29, 0.717) is 41.7 Å². The highest BCUT2D eigenvalue weighted by Crippen LogP contribution is 2.54. The Hall–Kier alpha value is -4.66. The molecule has 1 aliphatic heterocycles. The molecule has 0 amide bonds. The largest absolute Gasteiger partial charge is 0.459 e. The third kappa shape index (κ3) is 4.72. The van der Waals surface area contributed by atoms with Crippen molar-refractivity contribution in [2.75, 3.05) is 0 Å². The van der Waals surface area contributed by atoms with Crippen molar-refractivity contribution in [1.82, 2.24) is 4.90 Å². The molecule has 51 heavy (non-hydrogen) atoms. The molecule has 7 aliphatic carbocycles. The lowest BCUT2D eigenvalue weighted by Gasteiger charge is -2.37. The van der Waals surface area contributed by atoms with Crippen molar-refractivity contribution in [3.63, 3.8) is 0 Å². The maximum Gasteiger partial charge on any atom is 0.135 e. The van der Waals surface area contributed by atoms with E-state index in [1.54, 1.807) is 11.1 Å². The second-order valence-corrected chi connectivity index (χ2v) is 16.0. The lowest BCUT2D eigenvalue weighted by Crippen LogP contribution is -2.40. The lowest BCUT2D eigenvalue weighted by atomic mass is 9.74. The molecule has 0 bridgehead atoms. The Bertz CT molecular complexity index is 2250. The van der Waals surface area contributed by atoms with E-state index in [1.165, 1.54) is 70.9 Å². The number of benzene rings is 2. The van der Waals surface area contributed by atoms with Crippen LogP contribution in [0.3, 0.4) is 0 Å². The predicted octanol–water partition coefficient (Wildman–Crippen LogP) is 12.0. The van der Waals surface area contributed by atoms with Gasteiger partial charge < -0.3 is 4.42 Å². The van der Waals surface area contributed by atoms with Crippen LogP contribution in [0, 0.1) is 23.7 Å². The maximum absolute atomic E-state index is 6.65. The van der Waals surface area contributed by atoms with Crippen molar-refractivity contribution in [2.45, 2.75) is 69.0 Å². The van der Waals surface area contributed by atoms with Crippen molar-refractivity contribution in [3.8, 4) is 0 Å². The third-order valence-electron chi connectivity index (χ3n) is 13.4. The lowest BCUT2D eigenvalue weighted by molar-refractivity contribution is 0.144. The Morgan fingerprint density at radius 2 is 1.71 bits per heavy atom. The second-order valence-electron chi connectivity index (χ2n) is 16.0. The molecule has 2 nitrogen and oxygen atoms in total. The SMILES string of the molecule is C1=CC(C2C=CCCC2)CC(C2C3=C(C=CCC3)c3cc(C4=CC5C6C=CC=CC6N(C6CC=Cc7c6oc6ccccc76)C5C=C4)ccc32)=C1. The van der Waals surface area contributed by atoms with Crippen molar-refractivity contribution in [1.29, 1.82) is 0 Å². The van der Waals surface area contributed by atoms with E-state index in [-0.39, 0.29) is 6.04 Å². The predicted molar refractivity (Wildman–Crippen MR) is 211 cm³/mol. The summed E-state index contributed by atoms with van der Waals surface area (Å²) in [5.74, 6) is 3.71. The molecular formula is C49H45NO. The minimum Gasteiger partial charge on any atom is -0.459 e. The van der Waals surface area contributed by atoms with Gasteiger partial charge in [0.05, 0.1) is 6.04 Å². The summed E-state index contributed by atoms with van der Waals surface area (Å²) in [5, 5.41) is 1.23. The Kier molecular flexibility index (Phi) is 7.04. The fourth-order valence-corrected chi connectivity index (χ4v) is 11.1. The monoisotopic (exact) mass is 663 g/mol. The van der Waals surface area contributed by atoms with Gasteiger partial charge in [-0.3, -0.25) is 4.90 Å². The number of likely N-dealkylation sites (tertiary alicyclic amines) is 1. The molecule has 0 N–H and O–H groups in total. The summed E-state index contributed by atoms with van der Waals surface area (Å²) < 4.78 is 6.65. The molecule has 8 aliphatic rings. The smallest absolute Gasteiger partial charge is 0.135 e. The van der Waals surface area contributed by atoms with Crippen molar-refractivity contribution < 1.29 is 4.42 Å². The summed E-state index contributed by atoms with van der Waals surface area (Å²) in [6, 6.07) is 16.9. The van der Waals surface area contributed by atoms with Gasteiger partial charge in [-0.1, -0.05) is 139 Å². The van der Waals surface area contributed by atoms with E-state index in [1.807, 2.05) is 0 Å².